The quantitative estimate of drug-likeness (QED) is 0.342. The van der Waals surface area contributed by atoms with Crippen LogP contribution in [0.4, 0.5) is 5.82 Å². The van der Waals surface area contributed by atoms with Crippen molar-refractivity contribution in [3.8, 4) is 11.3 Å². The standard InChI is InChI=1S/C26H25N5O3S2/c1-30(14-18-15-33-9-10-34-18)24-20(25(32)27-12-17-13-31-8-11-35-26(31)28-17)6-7-22(29-24)21-16-36-23-5-3-2-4-19(21)23/h2-8,11,13,16,18H,9-10,12,14-15H2,1H3,(H,27,32)/t18-/m1/s1. The molecule has 0 bridgehead atoms. The molecule has 36 heavy (non-hydrogen) atoms. The topological polar surface area (TPSA) is 81.0 Å². The number of anilines is 1. The predicted octanol–water partition coefficient (Wildman–Crippen LogP) is 4.45. The van der Waals surface area contributed by atoms with Crippen LogP contribution in [0.2, 0.25) is 0 Å². The summed E-state index contributed by atoms with van der Waals surface area (Å²) >= 11 is 3.26. The second-order valence-electron chi connectivity index (χ2n) is 8.67. The van der Waals surface area contributed by atoms with Crippen molar-refractivity contribution >= 4 is 49.4 Å². The SMILES string of the molecule is CN(C[C@@H]1COCCO1)c1nc(-c2csc3ccccc23)ccc1C(=O)NCc1cn2ccsc2n1. The molecule has 5 aromatic rings. The van der Waals surface area contributed by atoms with Gasteiger partial charge in [0.05, 0.1) is 49.4 Å². The van der Waals surface area contributed by atoms with Crippen LogP contribution in [-0.4, -0.2) is 59.8 Å². The largest absolute Gasteiger partial charge is 0.376 e. The summed E-state index contributed by atoms with van der Waals surface area (Å²) in [6.45, 7) is 2.62. The molecule has 0 radical (unpaired) electrons. The molecule has 1 aromatic carbocycles. The lowest BCUT2D eigenvalue weighted by Crippen LogP contribution is -2.39. The van der Waals surface area contributed by atoms with E-state index in [1.165, 1.54) is 4.70 Å². The van der Waals surface area contributed by atoms with E-state index in [-0.39, 0.29) is 12.0 Å². The van der Waals surface area contributed by atoms with Crippen LogP contribution in [0.15, 0.2) is 59.6 Å². The van der Waals surface area contributed by atoms with Crippen LogP contribution in [-0.2, 0) is 16.0 Å². The van der Waals surface area contributed by atoms with Crippen LogP contribution < -0.4 is 10.2 Å². The molecule has 4 aromatic heterocycles. The predicted molar refractivity (Wildman–Crippen MR) is 143 cm³/mol. The lowest BCUT2D eigenvalue weighted by Gasteiger charge is -2.29. The fourth-order valence-corrected chi connectivity index (χ4v) is 6.08. The van der Waals surface area contributed by atoms with E-state index in [0.29, 0.717) is 44.3 Å². The number of thiazole rings is 1. The Bertz CT molecular complexity index is 1490. The monoisotopic (exact) mass is 519 g/mol. The van der Waals surface area contributed by atoms with Gasteiger partial charge in [-0.05, 0) is 18.2 Å². The second-order valence-corrected chi connectivity index (χ2v) is 10.5. The zero-order chi connectivity index (χ0) is 24.5. The molecule has 0 unspecified atom stereocenters. The minimum absolute atomic E-state index is 0.0782. The molecule has 1 fully saturated rings. The maximum absolute atomic E-state index is 13.3. The van der Waals surface area contributed by atoms with Crippen molar-refractivity contribution in [2.24, 2.45) is 0 Å². The Morgan fingerprint density at radius 1 is 1.19 bits per heavy atom. The van der Waals surface area contributed by atoms with Crippen LogP contribution in [0, 0.1) is 0 Å². The minimum Gasteiger partial charge on any atom is -0.376 e. The summed E-state index contributed by atoms with van der Waals surface area (Å²) in [5.41, 5.74) is 3.22. The summed E-state index contributed by atoms with van der Waals surface area (Å²) in [5.74, 6) is 0.420. The third-order valence-electron chi connectivity index (χ3n) is 6.17. The van der Waals surface area contributed by atoms with Crippen LogP contribution in [0.3, 0.4) is 0 Å². The zero-order valence-electron chi connectivity index (χ0n) is 19.7. The average Bonchev–Trinajstić information content (AvgIpc) is 3.63. The van der Waals surface area contributed by atoms with Gasteiger partial charge < -0.3 is 19.7 Å². The van der Waals surface area contributed by atoms with Gasteiger partial charge in [-0.3, -0.25) is 9.20 Å². The Kier molecular flexibility index (Phi) is 6.41. The van der Waals surface area contributed by atoms with Crippen LogP contribution in [0.25, 0.3) is 26.3 Å². The molecular formula is C26H25N5O3S2. The Labute approximate surface area is 216 Å². The summed E-state index contributed by atoms with van der Waals surface area (Å²) in [6, 6.07) is 12.1. The number of benzene rings is 1. The van der Waals surface area contributed by atoms with Gasteiger partial charge in [-0.25, -0.2) is 9.97 Å². The van der Waals surface area contributed by atoms with Crippen LogP contribution in [0.5, 0.6) is 0 Å². The highest BCUT2D eigenvalue weighted by Gasteiger charge is 2.23. The smallest absolute Gasteiger partial charge is 0.255 e. The molecule has 1 atom stereocenters. The molecule has 0 aliphatic carbocycles. The number of hydrogen-bond donors (Lipinski definition) is 1. The fourth-order valence-electron chi connectivity index (χ4n) is 4.40. The van der Waals surface area contributed by atoms with Crippen molar-refractivity contribution in [2.45, 2.75) is 12.6 Å². The minimum atomic E-state index is -0.191. The molecule has 1 amide bonds. The molecule has 1 N–H and O–H groups in total. The first-order valence-corrected chi connectivity index (χ1v) is 13.5. The van der Waals surface area contributed by atoms with Crippen molar-refractivity contribution in [2.75, 3.05) is 38.3 Å². The lowest BCUT2D eigenvalue weighted by molar-refractivity contribution is -0.0837. The number of aromatic nitrogens is 3. The molecule has 1 aliphatic rings. The number of thiophene rings is 1. The number of carbonyl (C=O) groups is 1. The van der Waals surface area contributed by atoms with E-state index in [9.17, 15) is 4.79 Å². The molecule has 8 nitrogen and oxygen atoms in total. The Morgan fingerprint density at radius 2 is 2.11 bits per heavy atom. The van der Waals surface area contributed by atoms with Gasteiger partial charge in [-0.1, -0.05) is 18.2 Å². The summed E-state index contributed by atoms with van der Waals surface area (Å²) in [7, 11) is 1.94. The van der Waals surface area contributed by atoms with E-state index in [4.69, 9.17) is 14.5 Å². The summed E-state index contributed by atoms with van der Waals surface area (Å²) in [5, 5.41) is 8.28. The number of pyridine rings is 1. The zero-order valence-corrected chi connectivity index (χ0v) is 21.3. The molecule has 1 aliphatic heterocycles. The highest BCUT2D eigenvalue weighted by Crippen LogP contribution is 2.34. The van der Waals surface area contributed by atoms with Gasteiger partial charge >= 0.3 is 0 Å². The highest BCUT2D eigenvalue weighted by molar-refractivity contribution is 7.17. The Balaban J connectivity index is 1.30. The molecule has 1 saturated heterocycles. The highest BCUT2D eigenvalue weighted by atomic mass is 32.1. The molecule has 5 heterocycles. The van der Waals surface area contributed by atoms with Crippen molar-refractivity contribution in [1.82, 2.24) is 19.7 Å². The van der Waals surface area contributed by atoms with Crippen molar-refractivity contribution in [3.63, 3.8) is 0 Å². The van der Waals surface area contributed by atoms with Gasteiger partial charge in [0.15, 0.2) is 4.96 Å². The third kappa shape index (κ3) is 4.60. The number of amides is 1. The molecule has 0 saturated carbocycles. The number of nitrogens with zero attached hydrogens (tertiary/aromatic N) is 4. The number of likely N-dealkylation sites (N-methyl/N-ethyl adjacent to an activating group) is 1. The van der Waals surface area contributed by atoms with E-state index in [2.05, 4.69) is 27.8 Å². The maximum atomic E-state index is 13.3. The van der Waals surface area contributed by atoms with Gasteiger partial charge in [0.25, 0.3) is 5.91 Å². The molecule has 6 rings (SSSR count). The first-order valence-electron chi connectivity index (χ1n) is 11.7. The second kappa shape index (κ2) is 9.98. The Hall–Kier alpha value is -3.31. The fraction of sp³-hybridized carbons (Fsp3) is 0.269. The summed E-state index contributed by atoms with van der Waals surface area (Å²) < 4.78 is 14.6. The molecule has 10 heteroatoms. The molecule has 0 spiro atoms. The van der Waals surface area contributed by atoms with Crippen molar-refractivity contribution < 1.29 is 14.3 Å². The number of fused-ring (bicyclic) bond motifs is 2. The van der Waals surface area contributed by atoms with E-state index in [1.807, 2.05) is 58.4 Å². The summed E-state index contributed by atoms with van der Waals surface area (Å²) in [4.78, 5) is 25.8. The number of imidazole rings is 1. The number of rotatable bonds is 7. The Morgan fingerprint density at radius 3 is 2.97 bits per heavy atom. The van der Waals surface area contributed by atoms with E-state index in [1.54, 1.807) is 22.7 Å². The number of ether oxygens (including phenoxy) is 2. The number of carbonyl (C=O) groups excluding carboxylic acids is 1. The van der Waals surface area contributed by atoms with Gasteiger partial charge in [-0.2, -0.15) is 0 Å². The first kappa shape index (κ1) is 23.1. The number of nitrogens with one attached hydrogen (secondary N) is 1. The van der Waals surface area contributed by atoms with Crippen LogP contribution >= 0.6 is 22.7 Å². The normalized spacial score (nSPS) is 16.0. The van der Waals surface area contributed by atoms with Gasteiger partial charge in [0, 0.05) is 52.4 Å². The summed E-state index contributed by atoms with van der Waals surface area (Å²) in [6.07, 6.45) is 3.81. The van der Waals surface area contributed by atoms with E-state index in [0.717, 1.165) is 27.3 Å². The first-order chi connectivity index (χ1) is 17.7. The van der Waals surface area contributed by atoms with Gasteiger partial charge in [-0.15, -0.1) is 22.7 Å². The molecule has 184 valence electrons. The molecular weight excluding hydrogens is 494 g/mol. The van der Waals surface area contributed by atoms with Gasteiger partial charge in [0.2, 0.25) is 0 Å². The van der Waals surface area contributed by atoms with E-state index >= 15 is 0 Å². The van der Waals surface area contributed by atoms with Crippen LogP contribution in [0.1, 0.15) is 16.1 Å². The maximum Gasteiger partial charge on any atom is 0.255 e. The van der Waals surface area contributed by atoms with Crippen molar-refractivity contribution in [1.29, 1.82) is 0 Å². The average molecular weight is 520 g/mol. The van der Waals surface area contributed by atoms with E-state index < -0.39 is 0 Å². The van der Waals surface area contributed by atoms with Gasteiger partial charge in [0.1, 0.15) is 5.82 Å². The number of hydrogen-bond acceptors (Lipinski definition) is 8. The lowest BCUT2D eigenvalue weighted by atomic mass is 10.1. The third-order valence-corrected chi connectivity index (χ3v) is 7.91. The van der Waals surface area contributed by atoms with Crippen molar-refractivity contribution in [3.05, 3.63) is 70.8 Å².